The SMILES string of the molecule is Brc1ccc2nc3n(c2c1)[C@@H](c1ccccc1)CC3.O=C1NCC2CN(c3ncc(-c4ccc5nc6n(c5c4)[C@@H](c4ccccc4)CC6)cn3)CCN12. The van der Waals surface area contributed by atoms with Gasteiger partial charge in [0, 0.05) is 61.5 Å². The van der Waals surface area contributed by atoms with Gasteiger partial charge in [-0.15, -0.1) is 0 Å². The molecule has 264 valence electrons. The number of urea groups is 1. The van der Waals surface area contributed by atoms with Crippen LogP contribution in [0.4, 0.5) is 10.7 Å². The van der Waals surface area contributed by atoms with Gasteiger partial charge in [-0.05, 0) is 59.9 Å². The zero-order chi connectivity index (χ0) is 35.5. The second-order valence-electron chi connectivity index (χ2n) is 14.3. The Labute approximate surface area is 315 Å². The predicted molar refractivity (Wildman–Crippen MR) is 210 cm³/mol. The van der Waals surface area contributed by atoms with Crippen molar-refractivity contribution in [2.45, 2.75) is 43.8 Å². The summed E-state index contributed by atoms with van der Waals surface area (Å²) >= 11 is 3.56. The lowest BCUT2D eigenvalue weighted by Crippen LogP contribution is -2.52. The molecule has 2 saturated heterocycles. The zero-order valence-electron chi connectivity index (χ0n) is 29.1. The molecule has 10 nitrogen and oxygen atoms in total. The molecule has 1 N–H and O–H groups in total. The van der Waals surface area contributed by atoms with E-state index >= 15 is 0 Å². The fourth-order valence-electron chi connectivity index (χ4n) is 8.68. The quantitative estimate of drug-likeness (QED) is 0.199. The van der Waals surface area contributed by atoms with Crippen molar-refractivity contribution in [3.63, 3.8) is 0 Å². The summed E-state index contributed by atoms with van der Waals surface area (Å²) in [6.45, 7) is 2.89. The molecule has 4 aromatic carbocycles. The number of hydrogen-bond acceptors (Lipinski definition) is 6. The Morgan fingerprint density at radius 1 is 0.679 bits per heavy atom. The largest absolute Gasteiger partial charge is 0.337 e. The molecule has 1 unspecified atom stereocenters. The van der Waals surface area contributed by atoms with Crippen molar-refractivity contribution in [1.82, 2.24) is 39.3 Å². The minimum absolute atomic E-state index is 0.0390. The van der Waals surface area contributed by atoms with Crippen molar-refractivity contribution in [2.24, 2.45) is 0 Å². The first-order chi connectivity index (χ1) is 26.1. The van der Waals surface area contributed by atoms with Crippen LogP contribution in [0.3, 0.4) is 0 Å². The number of carbonyl (C=O) groups excluding carboxylic acids is 1. The first-order valence-corrected chi connectivity index (χ1v) is 19.3. The van der Waals surface area contributed by atoms with E-state index in [1.807, 2.05) is 17.3 Å². The van der Waals surface area contributed by atoms with Gasteiger partial charge in [-0.1, -0.05) is 82.7 Å². The van der Waals surface area contributed by atoms with E-state index in [0.29, 0.717) is 25.2 Å². The van der Waals surface area contributed by atoms with Crippen LogP contribution in [0.25, 0.3) is 33.2 Å². The van der Waals surface area contributed by atoms with Crippen LogP contribution < -0.4 is 10.2 Å². The summed E-state index contributed by atoms with van der Waals surface area (Å²) in [5, 5.41) is 2.92. The Bertz CT molecular complexity index is 2460. The number of imidazole rings is 2. The number of amides is 2. The summed E-state index contributed by atoms with van der Waals surface area (Å²) < 4.78 is 5.91. The average Bonchev–Trinajstić information content (AvgIpc) is 4.03. The second kappa shape index (κ2) is 13.1. The van der Waals surface area contributed by atoms with Crippen LogP contribution in [-0.4, -0.2) is 72.2 Å². The summed E-state index contributed by atoms with van der Waals surface area (Å²) in [6, 6.07) is 35.2. The third-order valence-corrected chi connectivity index (χ3v) is 11.7. The van der Waals surface area contributed by atoms with Crippen molar-refractivity contribution in [2.75, 3.05) is 31.1 Å². The molecule has 0 radical (unpaired) electrons. The molecule has 4 aliphatic rings. The number of hydrogen-bond donors (Lipinski definition) is 1. The summed E-state index contributed by atoms with van der Waals surface area (Å²) in [7, 11) is 0. The van der Waals surface area contributed by atoms with Crippen molar-refractivity contribution < 1.29 is 4.79 Å². The van der Waals surface area contributed by atoms with E-state index in [4.69, 9.17) is 9.97 Å². The zero-order valence-corrected chi connectivity index (χ0v) is 30.7. The van der Waals surface area contributed by atoms with E-state index in [1.54, 1.807) is 0 Å². The van der Waals surface area contributed by atoms with Gasteiger partial charge in [-0.25, -0.2) is 24.7 Å². The molecule has 0 spiro atoms. The Morgan fingerprint density at radius 3 is 1.92 bits per heavy atom. The molecule has 4 aliphatic heterocycles. The smallest absolute Gasteiger partial charge is 0.317 e. The minimum atomic E-state index is 0.0390. The number of aryl methyl sites for hydroxylation is 2. The van der Waals surface area contributed by atoms with Gasteiger partial charge >= 0.3 is 6.03 Å². The lowest BCUT2D eigenvalue weighted by atomic mass is 10.0. The van der Waals surface area contributed by atoms with Gasteiger partial charge < -0.3 is 24.3 Å². The molecular formula is C42H38BrN9O. The van der Waals surface area contributed by atoms with Crippen LogP contribution >= 0.6 is 15.9 Å². The molecule has 7 aromatic rings. The van der Waals surface area contributed by atoms with E-state index in [9.17, 15) is 4.79 Å². The number of carbonyl (C=O) groups is 1. The Balaban J connectivity index is 0.000000155. The maximum absolute atomic E-state index is 11.9. The van der Waals surface area contributed by atoms with Crippen LogP contribution in [0.1, 0.15) is 47.7 Å². The number of aromatic nitrogens is 6. The average molecular weight is 765 g/mol. The van der Waals surface area contributed by atoms with Gasteiger partial charge in [-0.2, -0.15) is 0 Å². The van der Waals surface area contributed by atoms with E-state index < -0.39 is 0 Å². The maximum atomic E-state index is 11.9. The fraction of sp³-hybridized carbons (Fsp3) is 0.262. The van der Waals surface area contributed by atoms with Gasteiger partial charge in [0.2, 0.25) is 5.95 Å². The topological polar surface area (TPSA) is 97.0 Å². The Kier molecular flexibility index (Phi) is 7.97. The lowest BCUT2D eigenvalue weighted by molar-refractivity contribution is 0.197. The number of rotatable bonds is 4. The van der Waals surface area contributed by atoms with Gasteiger partial charge in [0.15, 0.2) is 0 Å². The number of fused-ring (bicyclic) bond motifs is 7. The molecule has 3 atom stereocenters. The monoisotopic (exact) mass is 763 g/mol. The number of anilines is 1. The highest BCUT2D eigenvalue weighted by Gasteiger charge is 2.36. The summed E-state index contributed by atoms with van der Waals surface area (Å²) in [4.78, 5) is 35.0. The normalized spacial score (nSPS) is 20.2. The maximum Gasteiger partial charge on any atom is 0.317 e. The van der Waals surface area contributed by atoms with Gasteiger partial charge in [0.1, 0.15) is 11.6 Å². The number of nitrogens with one attached hydrogen (secondary N) is 1. The third kappa shape index (κ3) is 5.74. The first kappa shape index (κ1) is 32.1. The van der Waals surface area contributed by atoms with E-state index in [1.165, 1.54) is 22.5 Å². The van der Waals surface area contributed by atoms with E-state index in [2.05, 4.69) is 142 Å². The third-order valence-electron chi connectivity index (χ3n) is 11.2. The Morgan fingerprint density at radius 2 is 1.28 bits per heavy atom. The van der Waals surface area contributed by atoms with Crippen molar-refractivity contribution >= 4 is 50.0 Å². The standard InChI is InChI=1S/C26H25N7O.C16H13BrN2/c34-26-29-15-20-16-31(10-11-32(20)26)25-27-13-19(14-28-25)18-6-7-21-23(12-18)33-22(8-9-24(33)30-21)17-4-2-1-3-5-17;17-12-6-7-13-15(10-12)19-14(8-9-16(19)18-13)11-4-2-1-3-5-11/h1-7,12-14,20,22H,8-11,15-16H2,(H,29,34);1-7,10,14H,8-9H2/t20?,22-;14-/m11/s1. The van der Waals surface area contributed by atoms with Crippen LogP contribution in [0.2, 0.25) is 0 Å². The highest BCUT2D eigenvalue weighted by molar-refractivity contribution is 9.10. The highest BCUT2D eigenvalue weighted by atomic mass is 79.9. The van der Waals surface area contributed by atoms with Crippen molar-refractivity contribution in [3.8, 4) is 11.1 Å². The molecule has 11 heteroatoms. The van der Waals surface area contributed by atoms with Gasteiger partial charge in [0.05, 0.1) is 40.2 Å². The summed E-state index contributed by atoms with van der Waals surface area (Å²) in [5.41, 5.74) is 9.32. The van der Waals surface area contributed by atoms with Gasteiger partial charge in [-0.3, -0.25) is 0 Å². The van der Waals surface area contributed by atoms with E-state index in [0.717, 1.165) is 82.7 Å². The highest BCUT2D eigenvalue weighted by Crippen LogP contribution is 2.38. The number of piperazine rings is 1. The van der Waals surface area contributed by atoms with Gasteiger partial charge in [0.25, 0.3) is 0 Å². The van der Waals surface area contributed by atoms with E-state index in [-0.39, 0.29) is 12.1 Å². The van der Waals surface area contributed by atoms with Crippen LogP contribution in [-0.2, 0) is 12.8 Å². The number of halogens is 1. The first-order valence-electron chi connectivity index (χ1n) is 18.5. The van der Waals surface area contributed by atoms with Crippen molar-refractivity contribution in [1.29, 1.82) is 0 Å². The summed E-state index contributed by atoms with van der Waals surface area (Å²) in [6.07, 6.45) is 8.10. The molecule has 2 amide bonds. The molecule has 53 heavy (non-hydrogen) atoms. The lowest BCUT2D eigenvalue weighted by Gasteiger charge is -2.36. The Hall–Kier alpha value is -5.55. The molecule has 0 bridgehead atoms. The molecule has 11 rings (SSSR count). The molecule has 2 fully saturated rings. The molecular weight excluding hydrogens is 726 g/mol. The number of nitrogens with zero attached hydrogens (tertiary/aromatic N) is 8. The van der Waals surface area contributed by atoms with Crippen molar-refractivity contribution in [3.05, 3.63) is 137 Å². The van der Waals surface area contributed by atoms with Crippen LogP contribution in [0.5, 0.6) is 0 Å². The number of benzene rings is 4. The second-order valence-corrected chi connectivity index (χ2v) is 15.2. The summed E-state index contributed by atoms with van der Waals surface area (Å²) in [5.74, 6) is 3.09. The molecule has 3 aromatic heterocycles. The molecule has 0 saturated carbocycles. The fourth-order valence-corrected chi connectivity index (χ4v) is 9.03. The minimum Gasteiger partial charge on any atom is -0.337 e. The molecule has 7 heterocycles. The van der Waals surface area contributed by atoms with Crippen LogP contribution in [0, 0.1) is 0 Å². The predicted octanol–water partition coefficient (Wildman–Crippen LogP) is 7.58. The molecule has 0 aliphatic carbocycles. The van der Waals surface area contributed by atoms with Crippen LogP contribution in [0.15, 0.2) is 114 Å².